The number of hydrogen-bond donors (Lipinski definition) is 4. The highest BCUT2D eigenvalue weighted by Crippen LogP contribution is 2.46. The molecule has 0 aliphatic rings. The molecule has 27 heavy (non-hydrogen) atoms. The molecule has 1 aromatic heterocycles. The van der Waals surface area contributed by atoms with Crippen LogP contribution in [0.5, 0.6) is 11.5 Å². The molecule has 0 unspecified atom stereocenters. The van der Waals surface area contributed by atoms with Crippen LogP contribution in [0.1, 0.15) is 25.3 Å². The van der Waals surface area contributed by atoms with Crippen LogP contribution in [0, 0.1) is 5.82 Å². The number of aromatic hydroxyl groups is 1. The third-order valence-electron chi connectivity index (χ3n) is 3.92. The van der Waals surface area contributed by atoms with Gasteiger partial charge in [-0.3, -0.25) is 9.79 Å². The number of nitrogen functional groups attached to an aromatic ring is 1. The van der Waals surface area contributed by atoms with Gasteiger partial charge < -0.3 is 15.4 Å². The van der Waals surface area contributed by atoms with E-state index in [4.69, 9.17) is 20.0 Å². The Bertz CT molecular complexity index is 1080. The standard InChI is InChI=1S/C17H17FN3O5P/c1-8(2)16-14(22)5-10(6-15(16)26-27(23,24)25)9-3-12(18)11-7-20-17(19)21-13(11)4-9/h3-8,22H,1-2H3,(H2,19,20,21)(H2,23,24,25). The lowest BCUT2D eigenvalue weighted by Crippen LogP contribution is -1.99. The number of halogens is 1. The fourth-order valence-corrected chi connectivity index (χ4v) is 3.24. The second kappa shape index (κ2) is 6.77. The molecule has 3 rings (SSSR count). The molecule has 1 heterocycles. The molecular weight excluding hydrogens is 376 g/mol. The lowest BCUT2D eigenvalue weighted by Gasteiger charge is -2.18. The SMILES string of the molecule is CC(C)c1c(O)cc(-c2cc(F)c3cnc(N)nc3c2)cc1OP(=O)(O)O. The van der Waals surface area contributed by atoms with E-state index in [2.05, 4.69) is 9.97 Å². The van der Waals surface area contributed by atoms with Crippen LogP contribution in [0.15, 0.2) is 30.5 Å². The summed E-state index contributed by atoms with van der Waals surface area (Å²) in [5.41, 5.74) is 6.63. The van der Waals surface area contributed by atoms with Gasteiger partial charge in [0.1, 0.15) is 17.3 Å². The second-order valence-electron chi connectivity index (χ2n) is 6.26. The van der Waals surface area contributed by atoms with Gasteiger partial charge in [-0.05, 0) is 41.3 Å². The van der Waals surface area contributed by atoms with Gasteiger partial charge in [-0.15, -0.1) is 0 Å². The van der Waals surface area contributed by atoms with E-state index in [0.717, 1.165) is 0 Å². The molecule has 0 radical (unpaired) electrons. The maximum atomic E-state index is 14.4. The summed E-state index contributed by atoms with van der Waals surface area (Å²) in [6.45, 7) is 3.47. The Morgan fingerprint density at radius 3 is 2.48 bits per heavy atom. The van der Waals surface area contributed by atoms with Crippen molar-refractivity contribution < 1.29 is 28.4 Å². The summed E-state index contributed by atoms with van der Waals surface area (Å²) in [5.74, 6) is -1.32. The Balaban J connectivity index is 2.22. The Labute approximate surface area is 153 Å². The van der Waals surface area contributed by atoms with Gasteiger partial charge in [0.2, 0.25) is 5.95 Å². The summed E-state index contributed by atoms with van der Waals surface area (Å²) in [4.78, 5) is 26.1. The van der Waals surface area contributed by atoms with Gasteiger partial charge in [-0.2, -0.15) is 0 Å². The molecule has 0 saturated carbocycles. The van der Waals surface area contributed by atoms with Crippen LogP contribution >= 0.6 is 7.82 Å². The summed E-state index contributed by atoms with van der Waals surface area (Å²) in [7, 11) is -4.86. The van der Waals surface area contributed by atoms with Gasteiger partial charge in [0.05, 0.1) is 10.9 Å². The summed E-state index contributed by atoms with van der Waals surface area (Å²) in [5, 5.41) is 10.5. The topological polar surface area (TPSA) is 139 Å². The summed E-state index contributed by atoms with van der Waals surface area (Å²) < 4.78 is 30.4. The van der Waals surface area contributed by atoms with Crippen molar-refractivity contribution in [3.8, 4) is 22.6 Å². The number of phenolic OH excluding ortho intramolecular Hbond substituents is 1. The zero-order valence-electron chi connectivity index (χ0n) is 14.4. The maximum Gasteiger partial charge on any atom is 0.524 e. The van der Waals surface area contributed by atoms with Gasteiger partial charge in [0.15, 0.2) is 0 Å². The highest BCUT2D eigenvalue weighted by molar-refractivity contribution is 7.46. The predicted molar refractivity (Wildman–Crippen MR) is 97.8 cm³/mol. The van der Waals surface area contributed by atoms with Gasteiger partial charge in [-0.1, -0.05) is 13.8 Å². The molecular formula is C17H17FN3O5P. The van der Waals surface area contributed by atoms with E-state index in [0.29, 0.717) is 11.1 Å². The average molecular weight is 393 g/mol. The maximum absolute atomic E-state index is 14.4. The van der Waals surface area contributed by atoms with Crippen LogP contribution in [-0.4, -0.2) is 24.9 Å². The molecule has 8 nitrogen and oxygen atoms in total. The first-order valence-electron chi connectivity index (χ1n) is 7.89. The molecule has 10 heteroatoms. The number of rotatable bonds is 4. The van der Waals surface area contributed by atoms with Gasteiger partial charge in [0, 0.05) is 11.8 Å². The lowest BCUT2D eigenvalue weighted by molar-refractivity contribution is 0.281. The van der Waals surface area contributed by atoms with Crippen molar-refractivity contribution in [2.75, 3.05) is 5.73 Å². The highest BCUT2D eigenvalue weighted by Gasteiger charge is 2.23. The Morgan fingerprint density at radius 2 is 1.85 bits per heavy atom. The van der Waals surface area contributed by atoms with Crippen LogP contribution in [0.3, 0.4) is 0 Å². The van der Waals surface area contributed by atoms with Crippen molar-refractivity contribution in [3.05, 3.63) is 41.8 Å². The number of nitrogens with zero attached hydrogens (tertiary/aromatic N) is 2. The van der Waals surface area contributed by atoms with Crippen molar-refractivity contribution in [1.82, 2.24) is 9.97 Å². The number of hydrogen-bond acceptors (Lipinski definition) is 6. The molecule has 0 saturated heterocycles. The van der Waals surface area contributed by atoms with Crippen molar-refractivity contribution >= 4 is 24.7 Å². The van der Waals surface area contributed by atoms with Gasteiger partial charge in [-0.25, -0.2) is 18.9 Å². The first kappa shape index (κ1) is 19.0. The molecule has 2 aromatic carbocycles. The van der Waals surface area contributed by atoms with E-state index in [9.17, 15) is 14.1 Å². The van der Waals surface area contributed by atoms with Crippen molar-refractivity contribution in [1.29, 1.82) is 0 Å². The molecule has 5 N–H and O–H groups in total. The number of fused-ring (bicyclic) bond motifs is 1. The minimum Gasteiger partial charge on any atom is -0.507 e. The van der Waals surface area contributed by atoms with Crippen molar-refractivity contribution in [2.24, 2.45) is 0 Å². The predicted octanol–water partition coefficient (Wildman–Crippen LogP) is 3.32. The van der Waals surface area contributed by atoms with E-state index in [-0.39, 0.29) is 39.8 Å². The van der Waals surface area contributed by atoms with Gasteiger partial charge in [0.25, 0.3) is 0 Å². The second-order valence-corrected chi connectivity index (χ2v) is 7.43. The zero-order chi connectivity index (χ0) is 19.9. The van der Waals surface area contributed by atoms with Crippen molar-refractivity contribution in [2.45, 2.75) is 19.8 Å². The average Bonchev–Trinajstić information content (AvgIpc) is 2.51. The number of aromatic nitrogens is 2. The van der Waals surface area contributed by atoms with E-state index in [1.165, 1.54) is 30.5 Å². The Morgan fingerprint density at radius 1 is 1.19 bits per heavy atom. The van der Waals surface area contributed by atoms with E-state index in [1.54, 1.807) is 13.8 Å². The monoisotopic (exact) mass is 393 g/mol. The van der Waals surface area contributed by atoms with E-state index in [1.807, 2.05) is 0 Å². The van der Waals surface area contributed by atoms with Crippen LogP contribution in [0.4, 0.5) is 10.3 Å². The first-order valence-corrected chi connectivity index (χ1v) is 9.42. The number of nitrogens with two attached hydrogens (primary N) is 1. The fourth-order valence-electron chi connectivity index (χ4n) is 2.84. The number of anilines is 1. The minimum atomic E-state index is -4.86. The van der Waals surface area contributed by atoms with Crippen molar-refractivity contribution in [3.63, 3.8) is 0 Å². The smallest absolute Gasteiger partial charge is 0.507 e. The molecule has 142 valence electrons. The number of phenols is 1. The summed E-state index contributed by atoms with van der Waals surface area (Å²) in [6, 6.07) is 5.43. The van der Waals surface area contributed by atoms with E-state index < -0.39 is 13.6 Å². The molecule has 0 fully saturated rings. The van der Waals surface area contributed by atoms with Crippen LogP contribution in [0.25, 0.3) is 22.0 Å². The highest BCUT2D eigenvalue weighted by atomic mass is 31.2. The summed E-state index contributed by atoms with van der Waals surface area (Å²) in [6.07, 6.45) is 1.26. The normalized spacial score (nSPS) is 11.9. The van der Waals surface area contributed by atoms with E-state index >= 15 is 0 Å². The zero-order valence-corrected chi connectivity index (χ0v) is 15.3. The number of benzene rings is 2. The number of phosphoric acid groups is 1. The molecule has 0 spiro atoms. The summed E-state index contributed by atoms with van der Waals surface area (Å²) >= 11 is 0. The Kier molecular flexibility index (Phi) is 4.77. The minimum absolute atomic E-state index is 0.0254. The van der Waals surface area contributed by atoms with Crippen LogP contribution in [-0.2, 0) is 4.57 Å². The fraction of sp³-hybridized carbons (Fsp3) is 0.176. The molecule has 3 aromatic rings. The molecule has 0 atom stereocenters. The quantitative estimate of drug-likeness (QED) is 0.495. The van der Waals surface area contributed by atoms with Crippen LogP contribution in [0.2, 0.25) is 0 Å². The molecule has 0 amide bonds. The molecule has 0 aliphatic carbocycles. The third-order valence-corrected chi connectivity index (χ3v) is 4.35. The third kappa shape index (κ3) is 4.00. The van der Waals surface area contributed by atoms with Gasteiger partial charge >= 0.3 is 7.82 Å². The number of phosphoric ester groups is 1. The van der Waals surface area contributed by atoms with Crippen LogP contribution < -0.4 is 10.3 Å². The first-order chi connectivity index (χ1) is 12.5. The Hall–Kier alpha value is -2.74. The molecule has 0 bridgehead atoms. The molecule has 0 aliphatic heterocycles. The lowest BCUT2D eigenvalue weighted by atomic mass is 9.96. The largest absolute Gasteiger partial charge is 0.524 e.